The molecule has 18 heavy (non-hydrogen) atoms. The predicted molar refractivity (Wildman–Crippen MR) is 74.4 cm³/mol. The lowest BCUT2D eigenvalue weighted by molar-refractivity contribution is 0.366. The number of rotatable bonds is 3. The molecule has 0 aromatic heterocycles. The summed E-state index contributed by atoms with van der Waals surface area (Å²) in [5.74, 6) is 1.81. The van der Waals surface area contributed by atoms with E-state index in [4.69, 9.17) is 9.47 Å². The number of ether oxygens (including phenoxy) is 2. The van der Waals surface area contributed by atoms with Crippen molar-refractivity contribution in [1.82, 2.24) is 4.90 Å². The van der Waals surface area contributed by atoms with Gasteiger partial charge in [0, 0.05) is 13.1 Å². The van der Waals surface area contributed by atoms with Gasteiger partial charge in [-0.05, 0) is 43.7 Å². The fraction of sp³-hybridized carbons (Fsp3) is 0.467. The molecular formula is C15H21NO2. The molecule has 1 aliphatic heterocycles. The molecule has 0 fully saturated rings. The maximum Gasteiger partial charge on any atom is 0.130 e. The van der Waals surface area contributed by atoms with Gasteiger partial charge in [0.05, 0.1) is 19.8 Å². The summed E-state index contributed by atoms with van der Waals surface area (Å²) in [6.07, 6.45) is 3.30. The van der Waals surface area contributed by atoms with E-state index < -0.39 is 0 Å². The molecule has 1 heterocycles. The summed E-state index contributed by atoms with van der Waals surface area (Å²) in [6, 6.07) is 4.13. The molecular weight excluding hydrogens is 226 g/mol. The predicted octanol–water partition coefficient (Wildman–Crippen LogP) is 2.73. The molecule has 0 bridgehead atoms. The van der Waals surface area contributed by atoms with Gasteiger partial charge >= 0.3 is 0 Å². The monoisotopic (exact) mass is 247 g/mol. The highest BCUT2D eigenvalue weighted by molar-refractivity contribution is 5.76. The van der Waals surface area contributed by atoms with Crippen LogP contribution in [0.2, 0.25) is 0 Å². The zero-order chi connectivity index (χ0) is 13.1. The minimum absolute atomic E-state index is 0.905. The lowest BCUT2D eigenvalue weighted by Gasteiger charge is -2.24. The van der Waals surface area contributed by atoms with Crippen molar-refractivity contribution < 1.29 is 9.47 Å². The van der Waals surface area contributed by atoms with Crippen molar-refractivity contribution in [3.63, 3.8) is 0 Å². The van der Waals surface area contributed by atoms with E-state index in [1.165, 1.54) is 5.57 Å². The summed E-state index contributed by atoms with van der Waals surface area (Å²) >= 11 is 0. The Kier molecular flexibility index (Phi) is 3.92. The Hall–Kier alpha value is -1.48. The summed E-state index contributed by atoms with van der Waals surface area (Å²) in [5, 5.41) is 0. The van der Waals surface area contributed by atoms with Crippen molar-refractivity contribution in [2.45, 2.75) is 13.3 Å². The first-order valence-electron chi connectivity index (χ1n) is 6.26. The Labute approximate surface area is 109 Å². The van der Waals surface area contributed by atoms with E-state index in [0.717, 1.165) is 42.1 Å². The fourth-order valence-corrected chi connectivity index (χ4v) is 2.36. The van der Waals surface area contributed by atoms with Crippen molar-refractivity contribution in [2.75, 3.05) is 34.4 Å². The highest BCUT2D eigenvalue weighted by Gasteiger charge is 2.18. The van der Waals surface area contributed by atoms with Crippen LogP contribution in [0.5, 0.6) is 11.5 Å². The van der Waals surface area contributed by atoms with Crippen LogP contribution in [0.1, 0.15) is 17.5 Å². The molecule has 0 N–H and O–H groups in total. The standard InChI is InChI=1S/C15H21NO2/c1-11-9-13(17-3)15(14(10-11)18-4)12-5-7-16(2)8-6-12/h5,9-10H,6-8H2,1-4H3. The Balaban J connectivity index is 2.48. The number of aryl methyl sites for hydroxylation is 1. The molecule has 0 aliphatic carbocycles. The van der Waals surface area contributed by atoms with Gasteiger partial charge in [0.15, 0.2) is 0 Å². The van der Waals surface area contributed by atoms with Gasteiger partial charge in [-0.3, -0.25) is 0 Å². The number of hydrogen-bond donors (Lipinski definition) is 0. The lowest BCUT2D eigenvalue weighted by Crippen LogP contribution is -2.23. The molecule has 1 aromatic carbocycles. The highest BCUT2D eigenvalue weighted by Crippen LogP contribution is 2.38. The van der Waals surface area contributed by atoms with Crippen LogP contribution in [0.4, 0.5) is 0 Å². The van der Waals surface area contributed by atoms with Gasteiger partial charge < -0.3 is 14.4 Å². The third-order valence-corrected chi connectivity index (χ3v) is 3.38. The second kappa shape index (κ2) is 5.44. The van der Waals surface area contributed by atoms with Crippen molar-refractivity contribution in [2.24, 2.45) is 0 Å². The van der Waals surface area contributed by atoms with Crippen LogP contribution in [0.15, 0.2) is 18.2 Å². The summed E-state index contributed by atoms with van der Waals surface area (Å²) in [5.41, 5.74) is 3.58. The van der Waals surface area contributed by atoms with Crippen LogP contribution in [-0.4, -0.2) is 39.3 Å². The molecule has 3 heteroatoms. The Morgan fingerprint density at radius 3 is 2.17 bits per heavy atom. The molecule has 0 spiro atoms. The van der Waals surface area contributed by atoms with E-state index in [9.17, 15) is 0 Å². The molecule has 98 valence electrons. The molecule has 2 rings (SSSR count). The van der Waals surface area contributed by atoms with Gasteiger partial charge in [-0.25, -0.2) is 0 Å². The average molecular weight is 247 g/mol. The van der Waals surface area contributed by atoms with Crippen LogP contribution < -0.4 is 9.47 Å². The number of nitrogens with zero attached hydrogens (tertiary/aromatic N) is 1. The third kappa shape index (κ3) is 2.51. The number of hydrogen-bond acceptors (Lipinski definition) is 3. The molecule has 1 aromatic rings. The smallest absolute Gasteiger partial charge is 0.130 e. The van der Waals surface area contributed by atoms with Gasteiger partial charge in [0.1, 0.15) is 11.5 Å². The summed E-state index contributed by atoms with van der Waals surface area (Å²) < 4.78 is 11.0. The molecule has 1 aliphatic rings. The van der Waals surface area contributed by atoms with Crippen molar-refractivity contribution in [1.29, 1.82) is 0 Å². The number of methoxy groups -OCH3 is 2. The first-order valence-corrected chi connectivity index (χ1v) is 6.26. The SMILES string of the molecule is COc1cc(C)cc(OC)c1C1=CCN(C)CC1. The maximum atomic E-state index is 5.51. The minimum atomic E-state index is 0.905. The van der Waals surface area contributed by atoms with Crippen LogP contribution in [0, 0.1) is 6.92 Å². The second-order valence-electron chi connectivity index (χ2n) is 4.79. The molecule has 0 saturated heterocycles. The van der Waals surface area contributed by atoms with Crippen molar-refractivity contribution in [3.05, 3.63) is 29.3 Å². The number of likely N-dealkylation sites (N-methyl/N-ethyl adjacent to an activating group) is 1. The second-order valence-corrected chi connectivity index (χ2v) is 4.79. The van der Waals surface area contributed by atoms with Gasteiger partial charge in [0.25, 0.3) is 0 Å². The fourth-order valence-electron chi connectivity index (χ4n) is 2.36. The minimum Gasteiger partial charge on any atom is -0.496 e. The molecule has 0 atom stereocenters. The van der Waals surface area contributed by atoms with Gasteiger partial charge in [-0.1, -0.05) is 6.08 Å². The Bertz CT molecular complexity index is 441. The molecule has 3 nitrogen and oxygen atoms in total. The highest BCUT2D eigenvalue weighted by atomic mass is 16.5. The largest absolute Gasteiger partial charge is 0.496 e. The maximum absolute atomic E-state index is 5.51. The van der Waals surface area contributed by atoms with Crippen LogP contribution in [0.25, 0.3) is 5.57 Å². The van der Waals surface area contributed by atoms with E-state index in [0.29, 0.717) is 0 Å². The molecule has 0 unspecified atom stereocenters. The Morgan fingerprint density at radius 1 is 1.11 bits per heavy atom. The van der Waals surface area contributed by atoms with Crippen LogP contribution in [0.3, 0.4) is 0 Å². The summed E-state index contributed by atoms with van der Waals surface area (Å²) in [4.78, 5) is 2.30. The van der Waals surface area contributed by atoms with Gasteiger partial charge in [-0.2, -0.15) is 0 Å². The van der Waals surface area contributed by atoms with Gasteiger partial charge in [0.2, 0.25) is 0 Å². The topological polar surface area (TPSA) is 21.7 Å². The zero-order valence-corrected chi connectivity index (χ0v) is 11.6. The normalized spacial score (nSPS) is 16.3. The molecule has 0 amide bonds. The summed E-state index contributed by atoms with van der Waals surface area (Å²) in [6.45, 7) is 4.11. The zero-order valence-electron chi connectivity index (χ0n) is 11.6. The first kappa shape index (κ1) is 13.0. The Morgan fingerprint density at radius 2 is 1.72 bits per heavy atom. The van der Waals surface area contributed by atoms with Crippen molar-refractivity contribution >= 4 is 5.57 Å². The van der Waals surface area contributed by atoms with Crippen LogP contribution >= 0.6 is 0 Å². The van der Waals surface area contributed by atoms with Crippen molar-refractivity contribution in [3.8, 4) is 11.5 Å². The quantitative estimate of drug-likeness (QED) is 0.819. The van der Waals surface area contributed by atoms with Crippen LogP contribution in [-0.2, 0) is 0 Å². The third-order valence-electron chi connectivity index (χ3n) is 3.38. The first-order chi connectivity index (χ1) is 8.65. The lowest BCUT2D eigenvalue weighted by atomic mass is 9.96. The average Bonchev–Trinajstić information content (AvgIpc) is 2.39. The van der Waals surface area contributed by atoms with E-state index in [1.54, 1.807) is 14.2 Å². The summed E-state index contributed by atoms with van der Waals surface area (Å²) in [7, 11) is 5.57. The van der Waals surface area contributed by atoms with E-state index in [-0.39, 0.29) is 0 Å². The molecule has 0 saturated carbocycles. The van der Waals surface area contributed by atoms with E-state index in [2.05, 4.69) is 37.1 Å². The van der Waals surface area contributed by atoms with E-state index >= 15 is 0 Å². The number of benzene rings is 1. The van der Waals surface area contributed by atoms with E-state index in [1.807, 2.05) is 0 Å². The van der Waals surface area contributed by atoms with Gasteiger partial charge in [-0.15, -0.1) is 0 Å². The molecule has 0 radical (unpaired) electrons.